The maximum atomic E-state index is 11.4. The minimum Gasteiger partial charge on any atom is -0.328 e. The highest BCUT2D eigenvalue weighted by molar-refractivity contribution is 8.11. The van der Waals surface area contributed by atoms with Crippen LogP contribution in [0, 0.1) is 0 Å². The zero-order valence-electron chi connectivity index (χ0n) is 9.74. The lowest BCUT2D eigenvalue weighted by atomic mass is 10.1. The highest BCUT2D eigenvalue weighted by Crippen LogP contribution is 2.25. The minimum absolute atomic E-state index is 0.820. The molecule has 0 radical (unpaired) electrons. The molecule has 0 aliphatic rings. The van der Waals surface area contributed by atoms with E-state index in [1.165, 1.54) is 6.08 Å². The lowest BCUT2D eigenvalue weighted by molar-refractivity contribution is -0.0304. The molecular weight excluding hydrogens is 254 g/mol. The first kappa shape index (κ1) is 15.1. The molecule has 15 heavy (non-hydrogen) atoms. The number of nitrogens with zero attached hydrogens (tertiary/aromatic N) is 1. The van der Waals surface area contributed by atoms with Crippen molar-refractivity contribution in [1.29, 1.82) is 0 Å². The molecule has 0 spiro atoms. The normalized spacial score (nSPS) is 14.3. The van der Waals surface area contributed by atoms with Crippen molar-refractivity contribution in [2.24, 2.45) is 0 Å². The van der Waals surface area contributed by atoms with Gasteiger partial charge in [-0.1, -0.05) is 10.5 Å². The van der Waals surface area contributed by atoms with Gasteiger partial charge in [0.2, 0.25) is 8.32 Å². The molecule has 0 saturated heterocycles. The standard InChI is InChI=1S/C8H18ClNO3SSi/c1-7-8(2,3)10(14(9,11)12)13-15(4,5)6/h7H,1H2,2-6H3. The average molecular weight is 272 g/mol. The van der Waals surface area contributed by atoms with Crippen LogP contribution in [0.2, 0.25) is 19.6 Å². The van der Waals surface area contributed by atoms with Gasteiger partial charge in [-0.05, 0) is 33.5 Å². The first-order chi connectivity index (χ1) is 6.40. The second-order valence-electron chi connectivity index (χ2n) is 4.73. The molecule has 0 aromatic rings. The number of hydrogen-bond acceptors (Lipinski definition) is 3. The van der Waals surface area contributed by atoms with Gasteiger partial charge in [0, 0.05) is 10.7 Å². The molecule has 0 aliphatic carbocycles. The summed E-state index contributed by atoms with van der Waals surface area (Å²) >= 11 is 0. The van der Waals surface area contributed by atoms with Crippen LogP contribution in [-0.2, 0) is 13.8 Å². The monoisotopic (exact) mass is 271 g/mol. The molecule has 0 heterocycles. The van der Waals surface area contributed by atoms with Crippen LogP contribution in [0.3, 0.4) is 0 Å². The fourth-order valence-corrected chi connectivity index (χ4v) is 3.95. The summed E-state index contributed by atoms with van der Waals surface area (Å²) < 4.78 is 29.0. The van der Waals surface area contributed by atoms with Crippen molar-refractivity contribution in [3.63, 3.8) is 0 Å². The summed E-state index contributed by atoms with van der Waals surface area (Å²) in [7, 11) is -0.647. The highest BCUT2D eigenvalue weighted by atomic mass is 35.7. The molecule has 0 aromatic carbocycles. The van der Waals surface area contributed by atoms with E-state index in [4.69, 9.17) is 15.2 Å². The second-order valence-corrected chi connectivity index (χ2v) is 11.5. The van der Waals surface area contributed by atoms with Crippen molar-refractivity contribution in [3.8, 4) is 0 Å². The molecule has 0 amide bonds. The first-order valence-corrected chi connectivity index (χ1v) is 10.2. The Hall–Kier alpha value is 0.117. The number of hydroxylamine groups is 1. The largest absolute Gasteiger partial charge is 0.328 e. The molecule has 0 unspecified atom stereocenters. The predicted molar refractivity (Wildman–Crippen MR) is 65.3 cm³/mol. The predicted octanol–water partition coefficient (Wildman–Crippen LogP) is 2.50. The summed E-state index contributed by atoms with van der Waals surface area (Å²) in [6.45, 7) is 12.5. The lowest BCUT2D eigenvalue weighted by Gasteiger charge is -2.35. The molecule has 0 bridgehead atoms. The van der Waals surface area contributed by atoms with Crippen molar-refractivity contribution in [2.75, 3.05) is 0 Å². The lowest BCUT2D eigenvalue weighted by Crippen LogP contribution is -2.49. The van der Waals surface area contributed by atoms with Crippen molar-refractivity contribution < 1.29 is 12.9 Å². The second kappa shape index (κ2) is 4.55. The molecule has 0 aromatic heterocycles. The summed E-state index contributed by atoms with van der Waals surface area (Å²) in [5, 5.41) is 0. The van der Waals surface area contributed by atoms with Gasteiger partial charge in [0.25, 0.3) is 0 Å². The van der Waals surface area contributed by atoms with Gasteiger partial charge in [-0.2, -0.15) is 8.42 Å². The van der Waals surface area contributed by atoms with Crippen molar-refractivity contribution in [2.45, 2.75) is 39.0 Å². The van der Waals surface area contributed by atoms with Gasteiger partial charge in [0.15, 0.2) is 0 Å². The van der Waals surface area contributed by atoms with Crippen LogP contribution in [-0.4, -0.2) is 26.7 Å². The topological polar surface area (TPSA) is 46.6 Å². The fraction of sp³-hybridized carbons (Fsp3) is 0.750. The Kier molecular flexibility index (Phi) is 4.58. The number of halogens is 1. The van der Waals surface area contributed by atoms with Gasteiger partial charge in [0.1, 0.15) is 0 Å². The van der Waals surface area contributed by atoms with Crippen LogP contribution in [0.25, 0.3) is 0 Å². The van der Waals surface area contributed by atoms with Crippen LogP contribution >= 0.6 is 10.7 Å². The molecule has 90 valence electrons. The van der Waals surface area contributed by atoms with Crippen molar-refractivity contribution in [1.82, 2.24) is 4.47 Å². The zero-order chi connectivity index (χ0) is 12.5. The van der Waals surface area contributed by atoms with E-state index in [-0.39, 0.29) is 0 Å². The van der Waals surface area contributed by atoms with Crippen LogP contribution in [0.1, 0.15) is 13.8 Å². The summed E-state index contributed by atoms with van der Waals surface area (Å²) in [6, 6.07) is 0. The summed E-state index contributed by atoms with van der Waals surface area (Å²) in [4.78, 5) is 0. The summed E-state index contributed by atoms with van der Waals surface area (Å²) in [5.74, 6) is 0. The molecule has 0 atom stereocenters. The van der Waals surface area contributed by atoms with E-state index in [9.17, 15) is 8.42 Å². The third kappa shape index (κ3) is 5.12. The molecule has 4 nitrogen and oxygen atoms in total. The molecule has 0 aliphatic heterocycles. The number of hydrogen-bond donors (Lipinski definition) is 0. The van der Waals surface area contributed by atoms with E-state index in [1.807, 2.05) is 19.6 Å². The minimum atomic E-state index is -3.92. The van der Waals surface area contributed by atoms with Gasteiger partial charge in [-0.3, -0.25) is 0 Å². The van der Waals surface area contributed by atoms with E-state index in [0.717, 1.165) is 4.47 Å². The summed E-state index contributed by atoms with van der Waals surface area (Å²) in [6.07, 6.45) is 1.48. The fourth-order valence-electron chi connectivity index (χ4n) is 0.766. The Morgan fingerprint density at radius 2 is 1.80 bits per heavy atom. The SMILES string of the molecule is C=CC(C)(C)N(O[Si](C)(C)C)S(=O)(=O)Cl. The molecule has 0 rings (SSSR count). The highest BCUT2D eigenvalue weighted by Gasteiger charge is 2.37. The Labute approximate surface area is 97.5 Å². The van der Waals surface area contributed by atoms with Gasteiger partial charge in [-0.25, -0.2) is 0 Å². The van der Waals surface area contributed by atoms with Crippen LogP contribution < -0.4 is 0 Å². The Morgan fingerprint density at radius 1 is 1.40 bits per heavy atom. The van der Waals surface area contributed by atoms with Crippen molar-refractivity contribution >= 4 is 28.2 Å². The van der Waals surface area contributed by atoms with E-state index >= 15 is 0 Å². The molecule has 0 N–H and O–H groups in total. The Bertz CT molecular complexity index is 334. The van der Waals surface area contributed by atoms with Crippen LogP contribution in [0.4, 0.5) is 0 Å². The van der Waals surface area contributed by atoms with Crippen LogP contribution in [0.5, 0.6) is 0 Å². The summed E-state index contributed by atoms with van der Waals surface area (Å²) in [5.41, 5.74) is -0.860. The van der Waals surface area contributed by atoms with E-state index in [0.29, 0.717) is 0 Å². The molecule has 0 fully saturated rings. The van der Waals surface area contributed by atoms with Gasteiger partial charge < -0.3 is 4.53 Å². The maximum Gasteiger partial charge on any atom is 0.321 e. The van der Waals surface area contributed by atoms with Gasteiger partial charge in [-0.15, -0.1) is 6.58 Å². The van der Waals surface area contributed by atoms with Gasteiger partial charge in [0.05, 0.1) is 5.54 Å². The van der Waals surface area contributed by atoms with Gasteiger partial charge >= 0.3 is 9.24 Å². The van der Waals surface area contributed by atoms with Crippen molar-refractivity contribution in [3.05, 3.63) is 12.7 Å². The maximum absolute atomic E-state index is 11.4. The Morgan fingerprint density at radius 3 is 2.00 bits per heavy atom. The van der Waals surface area contributed by atoms with E-state index < -0.39 is 23.1 Å². The van der Waals surface area contributed by atoms with E-state index in [1.54, 1.807) is 13.8 Å². The third-order valence-corrected chi connectivity index (χ3v) is 3.70. The Balaban J connectivity index is 5.20. The molecule has 0 saturated carbocycles. The third-order valence-electron chi connectivity index (χ3n) is 1.52. The van der Waals surface area contributed by atoms with Crippen LogP contribution in [0.15, 0.2) is 12.7 Å². The number of rotatable bonds is 5. The van der Waals surface area contributed by atoms with E-state index in [2.05, 4.69) is 6.58 Å². The molecule has 7 heteroatoms. The zero-order valence-corrected chi connectivity index (χ0v) is 12.3. The quantitative estimate of drug-likeness (QED) is 0.334. The first-order valence-electron chi connectivity index (χ1n) is 4.48. The molecular formula is C8H18ClNO3SSi. The smallest absolute Gasteiger partial charge is 0.321 e. The average Bonchev–Trinajstić information content (AvgIpc) is 1.96.